The molecule has 0 aliphatic rings. The van der Waals surface area contributed by atoms with Crippen molar-refractivity contribution < 1.29 is 14.8 Å². The minimum Gasteiger partial charge on any atom is -0.477 e. The van der Waals surface area contributed by atoms with Crippen LogP contribution in [0.4, 0.5) is 5.69 Å². The average molecular weight is 272 g/mol. The maximum atomic E-state index is 11.1. The van der Waals surface area contributed by atoms with E-state index in [0.717, 1.165) is 0 Å². The molecule has 0 saturated heterocycles. The number of aromatic amines is 2. The molecule has 2 heterocycles. The number of hydrogen-bond acceptors (Lipinski definition) is 4. The molecule has 0 unspecified atom stereocenters. The van der Waals surface area contributed by atoms with Crippen LogP contribution in [0.5, 0.6) is 0 Å². The van der Waals surface area contributed by atoms with Gasteiger partial charge in [-0.3, -0.25) is 15.2 Å². The maximum Gasteiger partial charge on any atom is 0.353 e. The van der Waals surface area contributed by atoms with Crippen LogP contribution in [0, 0.1) is 10.1 Å². The molecule has 0 spiro atoms. The monoisotopic (exact) mass is 272 g/mol. The van der Waals surface area contributed by atoms with E-state index in [1.54, 1.807) is 6.07 Å². The number of nitro groups is 1. The first-order chi connectivity index (χ1) is 9.58. The highest BCUT2D eigenvalue weighted by atomic mass is 16.6. The van der Waals surface area contributed by atoms with Crippen LogP contribution in [0.1, 0.15) is 10.5 Å². The fourth-order valence-electron chi connectivity index (χ4n) is 2.06. The summed E-state index contributed by atoms with van der Waals surface area (Å²) in [6.45, 7) is 0. The Morgan fingerprint density at radius 1 is 1.35 bits per heavy atom. The summed E-state index contributed by atoms with van der Waals surface area (Å²) in [5, 5.41) is 27.2. The Bertz CT molecular complexity index is 833. The molecule has 0 atom stereocenters. The molecule has 20 heavy (non-hydrogen) atoms. The van der Waals surface area contributed by atoms with Crippen molar-refractivity contribution >= 4 is 22.6 Å². The molecule has 0 radical (unpaired) electrons. The molecule has 0 bridgehead atoms. The van der Waals surface area contributed by atoms with Crippen molar-refractivity contribution in [1.29, 1.82) is 0 Å². The van der Waals surface area contributed by atoms with Gasteiger partial charge in [-0.25, -0.2) is 4.79 Å². The van der Waals surface area contributed by atoms with Gasteiger partial charge in [0, 0.05) is 29.3 Å². The molecule has 0 fully saturated rings. The summed E-state index contributed by atoms with van der Waals surface area (Å²) < 4.78 is 0. The number of aromatic carboxylic acids is 1. The molecule has 0 amide bonds. The maximum absolute atomic E-state index is 11.1. The standard InChI is InChI=1S/C12H8N4O4/c17-12(18)11-7(3-4-13-11)10-8-5-6(16(19)20)1-2-9(8)14-15-10/h1-5,13H,(H,14,15)(H,17,18). The molecular weight excluding hydrogens is 264 g/mol. The van der Waals surface area contributed by atoms with Gasteiger partial charge in [-0.1, -0.05) is 0 Å². The third kappa shape index (κ3) is 1.70. The second-order valence-corrected chi connectivity index (χ2v) is 4.13. The fraction of sp³-hybridized carbons (Fsp3) is 0. The molecule has 3 rings (SSSR count). The second kappa shape index (κ2) is 4.19. The number of benzene rings is 1. The molecule has 3 N–H and O–H groups in total. The summed E-state index contributed by atoms with van der Waals surface area (Å²) in [6.07, 6.45) is 1.48. The molecule has 0 aliphatic heterocycles. The normalized spacial score (nSPS) is 10.8. The summed E-state index contributed by atoms with van der Waals surface area (Å²) in [5.74, 6) is -1.12. The Morgan fingerprint density at radius 3 is 2.85 bits per heavy atom. The van der Waals surface area contributed by atoms with Crippen LogP contribution >= 0.6 is 0 Å². The minimum atomic E-state index is -1.12. The molecule has 8 heteroatoms. The minimum absolute atomic E-state index is 0.00935. The fourth-order valence-corrected chi connectivity index (χ4v) is 2.06. The van der Waals surface area contributed by atoms with Crippen LogP contribution < -0.4 is 0 Å². The van der Waals surface area contributed by atoms with Crippen molar-refractivity contribution in [3.05, 3.63) is 46.3 Å². The Hall–Kier alpha value is -3.16. The van der Waals surface area contributed by atoms with Crippen molar-refractivity contribution in [2.45, 2.75) is 0 Å². The van der Waals surface area contributed by atoms with E-state index >= 15 is 0 Å². The number of nitro benzene ring substituents is 1. The lowest BCUT2D eigenvalue weighted by molar-refractivity contribution is -0.384. The van der Waals surface area contributed by atoms with Gasteiger partial charge in [0.1, 0.15) is 11.4 Å². The molecule has 1 aromatic carbocycles. The van der Waals surface area contributed by atoms with Gasteiger partial charge in [0.2, 0.25) is 0 Å². The van der Waals surface area contributed by atoms with Crippen molar-refractivity contribution in [2.24, 2.45) is 0 Å². The average Bonchev–Trinajstić information content (AvgIpc) is 3.03. The zero-order chi connectivity index (χ0) is 14.3. The number of carboxylic acid groups (broad SMARTS) is 1. The van der Waals surface area contributed by atoms with Gasteiger partial charge in [0.25, 0.3) is 5.69 Å². The first kappa shape index (κ1) is 11.9. The van der Waals surface area contributed by atoms with Gasteiger partial charge in [-0.15, -0.1) is 0 Å². The van der Waals surface area contributed by atoms with Crippen molar-refractivity contribution in [3.8, 4) is 11.3 Å². The number of non-ortho nitro benzene ring substituents is 1. The van der Waals surface area contributed by atoms with Gasteiger partial charge in [-0.2, -0.15) is 5.10 Å². The van der Waals surface area contributed by atoms with Gasteiger partial charge in [-0.05, 0) is 12.1 Å². The zero-order valence-corrected chi connectivity index (χ0v) is 9.95. The second-order valence-electron chi connectivity index (χ2n) is 4.13. The quantitative estimate of drug-likeness (QED) is 0.497. The van der Waals surface area contributed by atoms with E-state index in [9.17, 15) is 14.9 Å². The predicted molar refractivity (Wildman–Crippen MR) is 69.5 cm³/mol. The summed E-state index contributed by atoms with van der Waals surface area (Å²) in [7, 11) is 0. The van der Waals surface area contributed by atoms with Crippen LogP contribution in [0.25, 0.3) is 22.2 Å². The number of carboxylic acids is 1. The summed E-state index contributed by atoms with van der Waals surface area (Å²) in [6, 6.07) is 5.83. The first-order valence-electron chi connectivity index (χ1n) is 5.61. The summed E-state index contributed by atoms with van der Waals surface area (Å²) >= 11 is 0. The highest BCUT2D eigenvalue weighted by molar-refractivity contribution is 6.01. The van der Waals surface area contributed by atoms with Gasteiger partial charge >= 0.3 is 5.97 Å². The molecule has 0 saturated carbocycles. The summed E-state index contributed by atoms with van der Waals surface area (Å²) in [4.78, 5) is 24.0. The zero-order valence-electron chi connectivity index (χ0n) is 9.95. The van der Waals surface area contributed by atoms with E-state index < -0.39 is 10.9 Å². The van der Waals surface area contributed by atoms with Gasteiger partial charge in [0.05, 0.1) is 10.4 Å². The van der Waals surface area contributed by atoms with Crippen LogP contribution in [-0.2, 0) is 0 Å². The van der Waals surface area contributed by atoms with Crippen LogP contribution in [-0.4, -0.2) is 31.2 Å². The van der Waals surface area contributed by atoms with Crippen LogP contribution in [0.2, 0.25) is 0 Å². The number of fused-ring (bicyclic) bond motifs is 1. The van der Waals surface area contributed by atoms with E-state index in [1.807, 2.05) is 0 Å². The number of aromatic nitrogens is 3. The van der Waals surface area contributed by atoms with Crippen LogP contribution in [0.3, 0.4) is 0 Å². The molecule has 8 nitrogen and oxygen atoms in total. The van der Waals surface area contributed by atoms with Crippen molar-refractivity contribution in [1.82, 2.24) is 15.2 Å². The Morgan fingerprint density at radius 2 is 2.15 bits per heavy atom. The highest BCUT2D eigenvalue weighted by Crippen LogP contribution is 2.30. The predicted octanol–water partition coefficient (Wildman–Crippen LogP) is 2.16. The Balaban J connectivity index is 2.26. The lowest BCUT2D eigenvalue weighted by Gasteiger charge is -1.97. The highest BCUT2D eigenvalue weighted by Gasteiger charge is 2.19. The third-order valence-corrected chi connectivity index (χ3v) is 2.97. The largest absolute Gasteiger partial charge is 0.477 e. The lowest BCUT2D eigenvalue weighted by atomic mass is 10.1. The molecule has 2 aromatic heterocycles. The number of H-pyrrole nitrogens is 2. The SMILES string of the molecule is O=C(O)c1[nH]ccc1-c1n[nH]c2ccc([N+](=O)[O-])cc12. The van der Waals surface area contributed by atoms with Crippen molar-refractivity contribution in [2.75, 3.05) is 0 Å². The van der Waals surface area contributed by atoms with E-state index in [2.05, 4.69) is 15.2 Å². The number of nitrogens with one attached hydrogen (secondary N) is 2. The number of rotatable bonds is 3. The number of hydrogen-bond donors (Lipinski definition) is 3. The molecule has 0 aliphatic carbocycles. The molecule has 3 aromatic rings. The van der Waals surface area contributed by atoms with Crippen LogP contribution in [0.15, 0.2) is 30.5 Å². The van der Waals surface area contributed by atoms with E-state index in [1.165, 1.54) is 24.4 Å². The lowest BCUT2D eigenvalue weighted by Crippen LogP contribution is -1.98. The topological polar surface area (TPSA) is 125 Å². The van der Waals surface area contributed by atoms with E-state index in [4.69, 9.17) is 5.11 Å². The smallest absolute Gasteiger partial charge is 0.353 e. The molecular formula is C12H8N4O4. The number of carbonyl (C=O) groups is 1. The summed E-state index contributed by atoms with van der Waals surface area (Å²) in [5.41, 5.74) is 1.26. The molecule has 100 valence electrons. The van der Waals surface area contributed by atoms with Gasteiger partial charge < -0.3 is 10.1 Å². The van der Waals surface area contributed by atoms with E-state index in [0.29, 0.717) is 22.2 Å². The Kier molecular flexibility index (Phi) is 2.50. The van der Waals surface area contributed by atoms with Crippen molar-refractivity contribution in [3.63, 3.8) is 0 Å². The Labute approximate surface area is 111 Å². The van der Waals surface area contributed by atoms with E-state index in [-0.39, 0.29) is 11.4 Å². The third-order valence-electron chi connectivity index (χ3n) is 2.97. The van der Waals surface area contributed by atoms with Gasteiger partial charge in [0.15, 0.2) is 0 Å². The number of nitrogens with zero attached hydrogens (tertiary/aromatic N) is 2. The first-order valence-corrected chi connectivity index (χ1v) is 5.61.